The Morgan fingerprint density at radius 3 is 2.77 bits per heavy atom. The molecular weight excluding hydrogens is 356 g/mol. The number of sulfone groups is 1. The van der Waals surface area contributed by atoms with Crippen molar-refractivity contribution >= 4 is 27.4 Å². The van der Waals surface area contributed by atoms with Crippen molar-refractivity contribution in [2.24, 2.45) is 0 Å². The zero-order valence-electron chi connectivity index (χ0n) is 15.4. The van der Waals surface area contributed by atoms with E-state index in [9.17, 15) is 8.42 Å². The molecule has 0 aliphatic carbocycles. The third-order valence-electron chi connectivity index (χ3n) is 4.67. The first kappa shape index (κ1) is 18.6. The molecule has 1 saturated heterocycles. The number of ether oxygens (including phenoxy) is 1. The van der Waals surface area contributed by atoms with Crippen LogP contribution in [0.15, 0.2) is 18.3 Å². The van der Waals surface area contributed by atoms with Gasteiger partial charge in [0.2, 0.25) is 5.95 Å². The van der Waals surface area contributed by atoms with E-state index in [-0.39, 0.29) is 6.04 Å². The van der Waals surface area contributed by atoms with E-state index in [1.807, 2.05) is 6.92 Å². The first-order valence-corrected chi connectivity index (χ1v) is 10.3. The molecule has 0 radical (unpaired) electrons. The van der Waals surface area contributed by atoms with Crippen molar-refractivity contribution in [3.05, 3.63) is 24.0 Å². The van der Waals surface area contributed by atoms with Crippen molar-refractivity contribution in [3.63, 3.8) is 0 Å². The molecule has 1 aliphatic heterocycles. The van der Waals surface area contributed by atoms with Gasteiger partial charge in [-0.25, -0.2) is 13.4 Å². The van der Waals surface area contributed by atoms with Crippen molar-refractivity contribution < 1.29 is 13.2 Å². The lowest BCUT2D eigenvalue weighted by Gasteiger charge is -2.35. The summed E-state index contributed by atoms with van der Waals surface area (Å²) in [5, 5.41) is 9.73. The maximum atomic E-state index is 12.3. The van der Waals surface area contributed by atoms with Gasteiger partial charge in [-0.15, -0.1) is 0 Å². The minimum Gasteiger partial charge on any atom is -0.377 e. The lowest BCUT2D eigenvalue weighted by Crippen LogP contribution is -2.44. The quantitative estimate of drug-likeness (QED) is 0.801. The van der Waals surface area contributed by atoms with Gasteiger partial charge >= 0.3 is 0 Å². The predicted molar refractivity (Wildman–Crippen MR) is 99.4 cm³/mol. The number of nitrogens with one attached hydrogen (secondary N) is 2. The van der Waals surface area contributed by atoms with Crippen LogP contribution in [0.3, 0.4) is 0 Å². The number of rotatable bonds is 5. The number of nitrogens with zero attached hydrogens (tertiary/aromatic N) is 4. The standard InChI is InChI=1S/C16H24N6O3S/c1-11-10-25-8-7-22(11)14-9-12(16(2,3)26(4,23)24)18-15(20-14)19-13-5-6-17-21-13/h5-6,9,11H,7-8,10H2,1-4H3,(H2,17,18,19,20,21)/t11-/m1/s1. The van der Waals surface area contributed by atoms with Crippen LogP contribution in [0.25, 0.3) is 0 Å². The molecule has 2 N–H and O–H groups in total. The summed E-state index contributed by atoms with van der Waals surface area (Å²) in [5.41, 5.74) is 0.436. The number of hydrogen-bond acceptors (Lipinski definition) is 8. The van der Waals surface area contributed by atoms with E-state index in [1.165, 1.54) is 6.26 Å². The van der Waals surface area contributed by atoms with Crippen LogP contribution in [0.2, 0.25) is 0 Å². The SMILES string of the molecule is C[C@@H]1COCCN1c1cc(C(C)(C)S(C)(=O)=O)nc(Nc2ccn[nH]2)n1. The van der Waals surface area contributed by atoms with E-state index in [2.05, 4.69) is 30.4 Å². The Morgan fingerprint density at radius 1 is 1.38 bits per heavy atom. The zero-order chi connectivity index (χ0) is 18.9. The number of aromatic nitrogens is 4. The predicted octanol–water partition coefficient (Wildman–Crippen LogP) is 1.45. The molecule has 2 aromatic heterocycles. The fourth-order valence-corrected chi connectivity index (χ4v) is 3.13. The van der Waals surface area contributed by atoms with Crippen LogP contribution in [0.5, 0.6) is 0 Å². The van der Waals surface area contributed by atoms with E-state index in [0.29, 0.717) is 43.0 Å². The Kier molecular flexibility index (Phi) is 4.89. The summed E-state index contributed by atoms with van der Waals surface area (Å²) in [6.07, 6.45) is 2.83. The number of aromatic amines is 1. The van der Waals surface area contributed by atoms with Crippen molar-refractivity contribution in [2.75, 3.05) is 36.2 Å². The minimum atomic E-state index is -3.38. The Labute approximate surface area is 153 Å². The Balaban J connectivity index is 2.07. The normalized spacial score (nSPS) is 18.8. The van der Waals surface area contributed by atoms with E-state index >= 15 is 0 Å². The molecular formula is C16H24N6O3S. The van der Waals surface area contributed by atoms with Gasteiger partial charge in [0.25, 0.3) is 0 Å². The minimum absolute atomic E-state index is 0.132. The van der Waals surface area contributed by atoms with Gasteiger partial charge in [0, 0.05) is 24.9 Å². The lowest BCUT2D eigenvalue weighted by atomic mass is 10.1. The van der Waals surface area contributed by atoms with Crippen LogP contribution in [0, 0.1) is 0 Å². The molecule has 26 heavy (non-hydrogen) atoms. The van der Waals surface area contributed by atoms with Gasteiger partial charge in [-0.2, -0.15) is 10.1 Å². The number of H-pyrrole nitrogens is 1. The molecule has 9 nitrogen and oxygen atoms in total. The summed E-state index contributed by atoms with van der Waals surface area (Å²) in [6, 6.07) is 3.63. The van der Waals surface area contributed by atoms with Gasteiger partial charge in [0.05, 0.1) is 31.1 Å². The molecule has 1 fully saturated rings. The van der Waals surface area contributed by atoms with E-state index in [0.717, 1.165) is 0 Å². The molecule has 0 unspecified atom stereocenters. The second kappa shape index (κ2) is 6.84. The monoisotopic (exact) mass is 380 g/mol. The molecule has 0 spiro atoms. The average molecular weight is 380 g/mol. The molecule has 2 aromatic rings. The average Bonchev–Trinajstić information content (AvgIpc) is 3.07. The summed E-state index contributed by atoms with van der Waals surface area (Å²) in [4.78, 5) is 11.1. The largest absolute Gasteiger partial charge is 0.377 e. The summed E-state index contributed by atoms with van der Waals surface area (Å²) in [7, 11) is -3.38. The third-order valence-corrected chi connectivity index (χ3v) is 6.73. The van der Waals surface area contributed by atoms with Crippen LogP contribution in [0.4, 0.5) is 17.6 Å². The molecule has 10 heteroatoms. The van der Waals surface area contributed by atoms with Crippen molar-refractivity contribution in [3.8, 4) is 0 Å². The maximum Gasteiger partial charge on any atom is 0.230 e. The number of hydrogen-bond donors (Lipinski definition) is 2. The smallest absolute Gasteiger partial charge is 0.230 e. The van der Waals surface area contributed by atoms with Crippen LogP contribution < -0.4 is 10.2 Å². The third kappa shape index (κ3) is 3.65. The molecule has 0 saturated carbocycles. The summed E-state index contributed by atoms with van der Waals surface area (Å²) < 4.78 is 28.9. The molecule has 1 atom stereocenters. The van der Waals surface area contributed by atoms with Crippen molar-refractivity contribution in [1.82, 2.24) is 20.2 Å². The van der Waals surface area contributed by atoms with Gasteiger partial charge < -0.3 is 15.0 Å². The first-order valence-electron chi connectivity index (χ1n) is 8.38. The topological polar surface area (TPSA) is 113 Å². The number of anilines is 3. The van der Waals surface area contributed by atoms with Crippen LogP contribution in [-0.4, -0.2) is 60.6 Å². The molecule has 142 valence electrons. The Bertz CT molecular complexity index is 866. The van der Waals surface area contributed by atoms with Crippen LogP contribution in [0.1, 0.15) is 26.5 Å². The highest BCUT2D eigenvalue weighted by Gasteiger charge is 2.35. The second-order valence-electron chi connectivity index (χ2n) is 6.93. The van der Waals surface area contributed by atoms with Crippen LogP contribution in [-0.2, 0) is 19.3 Å². The maximum absolute atomic E-state index is 12.3. The highest BCUT2D eigenvalue weighted by molar-refractivity contribution is 7.91. The fourth-order valence-electron chi connectivity index (χ4n) is 2.65. The number of morpholine rings is 1. The van der Waals surface area contributed by atoms with Crippen molar-refractivity contribution in [1.29, 1.82) is 0 Å². The van der Waals surface area contributed by atoms with Crippen LogP contribution >= 0.6 is 0 Å². The summed E-state index contributed by atoms with van der Waals surface area (Å²) >= 11 is 0. The molecule has 0 amide bonds. The second-order valence-corrected chi connectivity index (χ2v) is 9.50. The Morgan fingerprint density at radius 2 is 2.15 bits per heavy atom. The molecule has 0 aromatic carbocycles. The lowest BCUT2D eigenvalue weighted by molar-refractivity contribution is 0.0985. The van der Waals surface area contributed by atoms with Gasteiger partial charge in [0.15, 0.2) is 9.84 Å². The molecule has 1 aliphatic rings. The highest BCUT2D eigenvalue weighted by Crippen LogP contribution is 2.31. The molecule has 3 rings (SSSR count). The van der Waals surface area contributed by atoms with E-state index < -0.39 is 14.6 Å². The van der Waals surface area contributed by atoms with E-state index in [1.54, 1.807) is 32.2 Å². The van der Waals surface area contributed by atoms with Gasteiger partial charge in [-0.05, 0) is 20.8 Å². The summed E-state index contributed by atoms with van der Waals surface area (Å²) in [6.45, 7) is 7.22. The van der Waals surface area contributed by atoms with Gasteiger partial charge in [0.1, 0.15) is 16.4 Å². The fraction of sp³-hybridized carbons (Fsp3) is 0.562. The van der Waals surface area contributed by atoms with E-state index in [4.69, 9.17) is 4.74 Å². The Hall–Kier alpha value is -2.20. The highest BCUT2D eigenvalue weighted by atomic mass is 32.2. The summed E-state index contributed by atoms with van der Waals surface area (Å²) in [5.74, 6) is 1.61. The molecule has 0 bridgehead atoms. The zero-order valence-corrected chi connectivity index (χ0v) is 16.2. The van der Waals surface area contributed by atoms with Gasteiger partial charge in [-0.1, -0.05) is 0 Å². The molecule has 3 heterocycles. The first-order chi connectivity index (χ1) is 12.2. The van der Waals surface area contributed by atoms with Gasteiger partial charge in [-0.3, -0.25) is 5.10 Å². The van der Waals surface area contributed by atoms with Crippen molar-refractivity contribution in [2.45, 2.75) is 31.6 Å².